The molecule has 2 unspecified atom stereocenters. The molecule has 2 rings (SSSR count). The first-order valence-electron chi connectivity index (χ1n) is 7.47. The first kappa shape index (κ1) is 15.3. The minimum Gasteiger partial charge on any atom is -0.494 e. The fraction of sp³-hybridized carbons (Fsp3) is 0.625. The van der Waals surface area contributed by atoms with Crippen LogP contribution in [0.4, 0.5) is 0 Å². The molecule has 0 aliphatic carbocycles. The predicted octanol–water partition coefficient (Wildman–Crippen LogP) is 2.19. The Bertz CT molecular complexity index is 405. The highest BCUT2D eigenvalue weighted by atomic mass is 16.5. The molecule has 0 radical (unpaired) electrons. The molecule has 2 N–H and O–H groups in total. The molecule has 0 amide bonds. The van der Waals surface area contributed by atoms with Crippen molar-refractivity contribution in [1.29, 1.82) is 0 Å². The van der Waals surface area contributed by atoms with Gasteiger partial charge in [0.1, 0.15) is 5.75 Å². The zero-order chi connectivity index (χ0) is 14.5. The normalized spacial score (nSPS) is 24.1. The van der Waals surface area contributed by atoms with Gasteiger partial charge in [0, 0.05) is 19.1 Å². The highest BCUT2D eigenvalue weighted by Crippen LogP contribution is 2.31. The summed E-state index contributed by atoms with van der Waals surface area (Å²) >= 11 is 0. The fourth-order valence-corrected chi connectivity index (χ4v) is 2.86. The number of nitrogens with zero attached hydrogens (tertiary/aromatic N) is 1. The number of hydrogen-bond donors (Lipinski definition) is 1. The Morgan fingerprint density at radius 3 is 2.60 bits per heavy atom. The van der Waals surface area contributed by atoms with Crippen molar-refractivity contribution in [1.82, 2.24) is 4.90 Å². The van der Waals surface area contributed by atoms with Crippen LogP contribution in [0.25, 0.3) is 0 Å². The quantitative estimate of drug-likeness (QED) is 0.897. The summed E-state index contributed by atoms with van der Waals surface area (Å²) in [4.78, 5) is 2.47. The van der Waals surface area contributed by atoms with Crippen molar-refractivity contribution < 1.29 is 9.47 Å². The van der Waals surface area contributed by atoms with Crippen molar-refractivity contribution in [3.8, 4) is 5.75 Å². The highest BCUT2D eigenvalue weighted by molar-refractivity contribution is 5.30. The Balaban J connectivity index is 2.23. The van der Waals surface area contributed by atoms with E-state index in [9.17, 15) is 0 Å². The largest absolute Gasteiger partial charge is 0.494 e. The van der Waals surface area contributed by atoms with Crippen molar-refractivity contribution >= 4 is 0 Å². The van der Waals surface area contributed by atoms with Crippen LogP contribution in [0.3, 0.4) is 0 Å². The standard InChI is InChI=1S/C16H26N2O2/c1-4-19-14-7-5-13(6-8-14)16-15(11-17)20-10-9-18(16)12(2)3/h5-8,12,15-16H,4,9-11,17H2,1-3H3. The van der Waals surface area contributed by atoms with Crippen molar-refractivity contribution in [3.63, 3.8) is 0 Å². The lowest BCUT2D eigenvalue weighted by molar-refractivity contribution is -0.0789. The number of rotatable bonds is 5. The molecular formula is C16H26N2O2. The molecule has 1 aliphatic heterocycles. The van der Waals surface area contributed by atoms with Gasteiger partial charge in [0.15, 0.2) is 0 Å². The second-order valence-corrected chi connectivity index (χ2v) is 5.42. The van der Waals surface area contributed by atoms with Gasteiger partial charge in [-0.3, -0.25) is 4.90 Å². The molecule has 0 spiro atoms. The van der Waals surface area contributed by atoms with E-state index in [1.807, 2.05) is 19.1 Å². The third-order valence-corrected chi connectivity index (χ3v) is 3.82. The lowest BCUT2D eigenvalue weighted by atomic mass is 9.96. The number of morpholine rings is 1. The van der Waals surface area contributed by atoms with Crippen LogP contribution in [0.15, 0.2) is 24.3 Å². The molecule has 4 heteroatoms. The molecule has 112 valence electrons. The maximum absolute atomic E-state index is 5.89. The lowest BCUT2D eigenvalue weighted by Gasteiger charge is -2.43. The number of hydrogen-bond acceptors (Lipinski definition) is 4. The first-order valence-corrected chi connectivity index (χ1v) is 7.47. The van der Waals surface area contributed by atoms with E-state index in [1.54, 1.807) is 0 Å². The van der Waals surface area contributed by atoms with Crippen LogP contribution in [0, 0.1) is 0 Å². The Labute approximate surface area is 121 Å². The van der Waals surface area contributed by atoms with Gasteiger partial charge in [-0.05, 0) is 38.5 Å². The van der Waals surface area contributed by atoms with Gasteiger partial charge in [0.2, 0.25) is 0 Å². The van der Waals surface area contributed by atoms with Crippen LogP contribution in [0.2, 0.25) is 0 Å². The summed E-state index contributed by atoms with van der Waals surface area (Å²) in [6, 6.07) is 9.01. The summed E-state index contributed by atoms with van der Waals surface area (Å²) in [6.45, 7) is 9.38. The average Bonchev–Trinajstić information content (AvgIpc) is 2.47. The topological polar surface area (TPSA) is 47.7 Å². The third kappa shape index (κ3) is 3.32. The minimum atomic E-state index is 0.0593. The van der Waals surface area contributed by atoms with Crippen molar-refractivity contribution in [2.45, 2.75) is 39.0 Å². The smallest absolute Gasteiger partial charge is 0.119 e. The summed E-state index contributed by atoms with van der Waals surface area (Å²) in [5.74, 6) is 0.911. The van der Waals surface area contributed by atoms with Crippen molar-refractivity contribution in [2.24, 2.45) is 5.73 Å². The van der Waals surface area contributed by atoms with E-state index in [-0.39, 0.29) is 12.1 Å². The predicted molar refractivity (Wildman–Crippen MR) is 81.0 cm³/mol. The maximum Gasteiger partial charge on any atom is 0.119 e. The van der Waals surface area contributed by atoms with E-state index in [2.05, 4.69) is 30.9 Å². The van der Waals surface area contributed by atoms with Crippen LogP contribution < -0.4 is 10.5 Å². The van der Waals surface area contributed by atoms with Crippen LogP contribution in [-0.2, 0) is 4.74 Å². The minimum absolute atomic E-state index is 0.0593. The zero-order valence-electron chi connectivity index (χ0n) is 12.7. The van der Waals surface area contributed by atoms with Gasteiger partial charge in [-0.15, -0.1) is 0 Å². The SMILES string of the molecule is CCOc1ccc(C2C(CN)OCCN2C(C)C)cc1. The molecule has 1 heterocycles. The van der Waals surface area contributed by atoms with E-state index in [0.717, 1.165) is 18.9 Å². The fourth-order valence-electron chi connectivity index (χ4n) is 2.86. The van der Waals surface area contributed by atoms with Gasteiger partial charge in [-0.25, -0.2) is 0 Å². The van der Waals surface area contributed by atoms with Gasteiger partial charge in [-0.1, -0.05) is 12.1 Å². The van der Waals surface area contributed by atoms with Crippen molar-refractivity contribution in [2.75, 3.05) is 26.3 Å². The van der Waals surface area contributed by atoms with Crippen LogP contribution >= 0.6 is 0 Å². The van der Waals surface area contributed by atoms with E-state index < -0.39 is 0 Å². The van der Waals surface area contributed by atoms with Gasteiger partial charge in [0.25, 0.3) is 0 Å². The first-order chi connectivity index (χ1) is 9.67. The van der Waals surface area contributed by atoms with Gasteiger partial charge in [-0.2, -0.15) is 0 Å². The molecule has 1 aliphatic rings. The summed E-state index contributed by atoms with van der Waals surface area (Å²) in [5.41, 5.74) is 7.14. The Kier molecular flexibility index (Phi) is 5.40. The molecular weight excluding hydrogens is 252 g/mol. The third-order valence-electron chi connectivity index (χ3n) is 3.82. The van der Waals surface area contributed by atoms with Gasteiger partial charge in [0.05, 0.1) is 25.4 Å². The van der Waals surface area contributed by atoms with E-state index in [0.29, 0.717) is 19.2 Å². The van der Waals surface area contributed by atoms with Crippen molar-refractivity contribution in [3.05, 3.63) is 29.8 Å². The summed E-state index contributed by atoms with van der Waals surface area (Å²) in [5, 5.41) is 0. The molecule has 4 nitrogen and oxygen atoms in total. The highest BCUT2D eigenvalue weighted by Gasteiger charge is 2.33. The molecule has 1 aromatic carbocycles. The summed E-state index contributed by atoms with van der Waals surface area (Å²) in [7, 11) is 0. The molecule has 0 saturated carbocycles. The molecule has 0 aromatic heterocycles. The molecule has 1 fully saturated rings. The summed E-state index contributed by atoms with van der Waals surface area (Å²) < 4.78 is 11.4. The average molecular weight is 278 g/mol. The number of nitrogens with two attached hydrogens (primary N) is 1. The van der Waals surface area contributed by atoms with E-state index in [1.165, 1.54) is 5.56 Å². The van der Waals surface area contributed by atoms with E-state index >= 15 is 0 Å². The molecule has 0 bridgehead atoms. The Morgan fingerprint density at radius 1 is 1.35 bits per heavy atom. The molecule has 1 aromatic rings. The maximum atomic E-state index is 5.89. The molecule has 20 heavy (non-hydrogen) atoms. The molecule has 1 saturated heterocycles. The summed E-state index contributed by atoms with van der Waals surface area (Å²) in [6.07, 6.45) is 0.0593. The van der Waals surface area contributed by atoms with E-state index in [4.69, 9.17) is 15.2 Å². The van der Waals surface area contributed by atoms with Crippen LogP contribution in [-0.4, -0.2) is 43.3 Å². The monoisotopic (exact) mass is 278 g/mol. The van der Waals surface area contributed by atoms with Crippen LogP contribution in [0.5, 0.6) is 5.75 Å². The lowest BCUT2D eigenvalue weighted by Crippen LogP contribution is -2.50. The Morgan fingerprint density at radius 2 is 2.05 bits per heavy atom. The number of ether oxygens (including phenoxy) is 2. The molecule has 2 atom stereocenters. The second-order valence-electron chi connectivity index (χ2n) is 5.42. The van der Waals surface area contributed by atoms with Gasteiger partial charge >= 0.3 is 0 Å². The zero-order valence-corrected chi connectivity index (χ0v) is 12.7. The Hall–Kier alpha value is -1.10. The van der Waals surface area contributed by atoms with Crippen LogP contribution in [0.1, 0.15) is 32.4 Å². The second kappa shape index (κ2) is 7.07. The number of benzene rings is 1. The van der Waals surface area contributed by atoms with Gasteiger partial charge < -0.3 is 15.2 Å².